The van der Waals surface area contributed by atoms with Crippen LogP contribution in [0, 0.1) is 0 Å². The molecule has 1 heterocycles. The van der Waals surface area contributed by atoms with Crippen LogP contribution in [0.25, 0.3) is 16.8 Å². The highest BCUT2D eigenvalue weighted by Gasteiger charge is 2.34. The maximum atomic E-state index is 13.1. The molecule has 146 valence electrons. The van der Waals surface area contributed by atoms with Crippen LogP contribution in [0.2, 0.25) is 0 Å². The molecule has 1 atom stereocenters. The van der Waals surface area contributed by atoms with Crippen LogP contribution in [0.5, 0.6) is 5.75 Å². The van der Waals surface area contributed by atoms with Crippen molar-refractivity contribution in [1.82, 2.24) is 0 Å². The highest BCUT2D eigenvalue weighted by molar-refractivity contribution is 8.27. The lowest BCUT2D eigenvalue weighted by molar-refractivity contribution is -0.113. The van der Waals surface area contributed by atoms with Gasteiger partial charge in [-0.25, -0.2) is 0 Å². The van der Waals surface area contributed by atoms with Crippen molar-refractivity contribution in [3.05, 3.63) is 77.2 Å². The van der Waals surface area contributed by atoms with Gasteiger partial charge in [0.2, 0.25) is 0 Å². The fourth-order valence-corrected chi connectivity index (χ4v) is 4.47. The zero-order valence-corrected chi connectivity index (χ0v) is 17.9. The van der Waals surface area contributed by atoms with Crippen molar-refractivity contribution in [2.24, 2.45) is 0 Å². The van der Waals surface area contributed by atoms with E-state index in [-0.39, 0.29) is 12.0 Å². The van der Waals surface area contributed by atoms with Crippen LogP contribution in [0.4, 0.5) is 5.69 Å². The highest BCUT2D eigenvalue weighted by Crippen LogP contribution is 2.38. The Morgan fingerprint density at radius 3 is 2.55 bits per heavy atom. The van der Waals surface area contributed by atoms with Gasteiger partial charge in [0.25, 0.3) is 5.91 Å². The average molecular weight is 420 g/mol. The maximum absolute atomic E-state index is 13.1. The average Bonchev–Trinajstić information content (AvgIpc) is 3.01. The molecule has 1 aliphatic rings. The summed E-state index contributed by atoms with van der Waals surface area (Å²) in [6, 6.07) is 21.7. The minimum Gasteiger partial charge on any atom is -0.491 e. The summed E-state index contributed by atoms with van der Waals surface area (Å²) in [5.74, 6) is 0.746. The number of ether oxygens (including phenoxy) is 1. The fourth-order valence-electron chi connectivity index (χ4n) is 3.19. The molecule has 3 nitrogen and oxygen atoms in total. The molecular weight excluding hydrogens is 398 g/mol. The number of carbonyl (C=O) groups is 1. The number of nitrogens with zero attached hydrogens (tertiary/aromatic N) is 1. The number of thioether (sulfide) groups is 1. The minimum absolute atomic E-state index is 0.0868. The molecule has 1 saturated heterocycles. The van der Waals surface area contributed by atoms with Gasteiger partial charge in [0.1, 0.15) is 5.75 Å². The smallest absolute Gasteiger partial charge is 0.270 e. The summed E-state index contributed by atoms with van der Waals surface area (Å²) in [6.45, 7) is 4.14. The van der Waals surface area contributed by atoms with E-state index in [0.29, 0.717) is 9.23 Å². The Labute approximate surface area is 180 Å². The first-order chi connectivity index (χ1) is 14.1. The van der Waals surface area contributed by atoms with Crippen molar-refractivity contribution in [2.45, 2.75) is 26.4 Å². The van der Waals surface area contributed by atoms with Crippen LogP contribution >= 0.6 is 24.0 Å². The topological polar surface area (TPSA) is 29.5 Å². The van der Waals surface area contributed by atoms with E-state index in [4.69, 9.17) is 17.0 Å². The van der Waals surface area contributed by atoms with Crippen LogP contribution in [-0.4, -0.2) is 16.3 Å². The van der Waals surface area contributed by atoms with Gasteiger partial charge in [-0.2, -0.15) is 0 Å². The van der Waals surface area contributed by atoms with Gasteiger partial charge in [-0.15, -0.1) is 0 Å². The van der Waals surface area contributed by atoms with Gasteiger partial charge in [-0.1, -0.05) is 79.4 Å². The quantitative estimate of drug-likeness (QED) is 0.352. The molecule has 1 aliphatic heterocycles. The number of hydrogen-bond acceptors (Lipinski definition) is 4. The second kappa shape index (κ2) is 8.39. The second-order valence-electron chi connectivity index (χ2n) is 6.92. The summed E-state index contributed by atoms with van der Waals surface area (Å²) in [5.41, 5.74) is 1.77. The third-order valence-corrected chi connectivity index (χ3v) is 6.19. The number of rotatable bonds is 5. The van der Waals surface area contributed by atoms with Gasteiger partial charge in [-0.3, -0.25) is 9.69 Å². The van der Waals surface area contributed by atoms with Gasteiger partial charge in [0, 0.05) is 5.39 Å². The Morgan fingerprint density at radius 2 is 1.79 bits per heavy atom. The standard InChI is InChI=1S/C24H21NO2S2/c1-3-16(2)27-19-13-11-17(12-14-19)15-22-23(26)25(24(28)29-22)21-10-6-8-18-7-4-5-9-20(18)21/h4-16H,3H2,1-2H3/b22-15+/t16-/m1/s1. The predicted molar refractivity (Wildman–Crippen MR) is 126 cm³/mol. The Hall–Kier alpha value is -2.63. The second-order valence-corrected chi connectivity index (χ2v) is 8.60. The van der Waals surface area contributed by atoms with Crippen molar-refractivity contribution in [3.63, 3.8) is 0 Å². The van der Waals surface area contributed by atoms with Crippen molar-refractivity contribution in [2.75, 3.05) is 4.90 Å². The number of benzene rings is 3. The molecule has 5 heteroatoms. The molecule has 3 aromatic rings. The van der Waals surface area contributed by atoms with Gasteiger partial charge in [-0.05, 0) is 48.6 Å². The summed E-state index contributed by atoms with van der Waals surface area (Å²) in [6.07, 6.45) is 3.02. The first kappa shape index (κ1) is 19.7. The lowest BCUT2D eigenvalue weighted by Gasteiger charge is -2.17. The van der Waals surface area contributed by atoms with Crippen LogP contribution in [0.15, 0.2) is 71.6 Å². The molecule has 3 aromatic carbocycles. The third-order valence-electron chi connectivity index (χ3n) is 4.89. The highest BCUT2D eigenvalue weighted by atomic mass is 32.2. The lowest BCUT2D eigenvalue weighted by atomic mass is 10.1. The van der Waals surface area contributed by atoms with Crippen molar-refractivity contribution in [3.8, 4) is 5.75 Å². The summed E-state index contributed by atoms with van der Waals surface area (Å²) >= 11 is 6.88. The number of carbonyl (C=O) groups excluding carboxylic acids is 1. The monoisotopic (exact) mass is 419 g/mol. The van der Waals surface area contributed by atoms with Gasteiger partial charge >= 0.3 is 0 Å². The predicted octanol–water partition coefficient (Wildman–Crippen LogP) is 6.42. The molecule has 0 unspecified atom stereocenters. The molecule has 0 aromatic heterocycles. The summed E-state index contributed by atoms with van der Waals surface area (Å²) in [4.78, 5) is 15.4. The zero-order chi connectivity index (χ0) is 20.4. The van der Waals surface area contributed by atoms with Crippen LogP contribution < -0.4 is 9.64 Å². The number of hydrogen-bond donors (Lipinski definition) is 0. The first-order valence-electron chi connectivity index (χ1n) is 9.59. The van der Waals surface area contributed by atoms with E-state index >= 15 is 0 Å². The van der Waals surface area contributed by atoms with E-state index in [1.807, 2.05) is 79.7 Å². The normalized spacial score (nSPS) is 16.6. The van der Waals surface area contributed by atoms with Crippen molar-refractivity contribution >= 4 is 56.7 Å². The van der Waals surface area contributed by atoms with Gasteiger partial charge in [0.05, 0.1) is 16.7 Å². The number of anilines is 1. The number of fused-ring (bicyclic) bond motifs is 1. The molecule has 1 amide bonds. The zero-order valence-electron chi connectivity index (χ0n) is 16.3. The summed E-state index contributed by atoms with van der Waals surface area (Å²) < 4.78 is 6.37. The van der Waals surface area contributed by atoms with Crippen LogP contribution in [-0.2, 0) is 4.79 Å². The molecule has 0 saturated carbocycles. The Balaban J connectivity index is 1.61. The maximum Gasteiger partial charge on any atom is 0.270 e. The van der Waals surface area contributed by atoms with Crippen LogP contribution in [0.3, 0.4) is 0 Å². The molecule has 0 N–H and O–H groups in total. The van der Waals surface area contributed by atoms with E-state index < -0.39 is 0 Å². The van der Waals surface area contributed by atoms with E-state index in [1.54, 1.807) is 4.90 Å². The Kier molecular flexibility index (Phi) is 5.69. The molecule has 4 rings (SSSR count). The Bertz CT molecular complexity index is 1100. The van der Waals surface area contributed by atoms with E-state index in [2.05, 4.69) is 6.92 Å². The molecule has 0 radical (unpaired) electrons. The molecular formula is C24H21NO2S2. The molecule has 1 fully saturated rings. The van der Waals surface area contributed by atoms with Crippen molar-refractivity contribution in [1.29, 1.82) is 0 Å². The molecule has 0 spiro atoms. The Morgan fingerprint density at radius 1 is 1.07 bits per heavy atom. The number of thiocarbonyl (C=S) groups is 1. The lowest BCUT2D eigenvalue weighted by Crippen LogP contribution is -2.27. The van der Waals surface area contributed by atoms with E-state index in [9.17, 15) is 4.79 Å². The van der Waals surface area contributed by atoms with Crippen molar-refractivity contribution < 1.29 is 9.53 Å². The summed E-state index contributed by atoms with van der Waals surface area (Å²) in [5, 5.41) is 2.10. The van der Waals surface area contributed by atoms with Gasteiger partial charge in [0.15, 0.2) is 4.32 Å². The van der Waals surface area contributed by atoms with Crippen LogP contribution in [0.1, 0.15) is 25.8 Å². The minimum atomic E-state index is -0.0868. The summed E-state index contributed by atoms with van der Waals surface area (Å²) in [7, 11) is 0. The molecule has 29 heavy (non-hydrogen) atoms. The number of amides is 1. The van der Waals surface area contributed by atoms with E-state index in [1.165, 1.54) is 11.8 Å². The first-order valence-corrected chi connectivity index (χ1v) is 10.8. The fraction of sp³-hybridized carbons (Fsp3) is 0.167. The van der Waals surface area contributed by atoms with E-state index in [0.717, 1.165) is 34.2 Å². The molecule has 0 aliphatic carbocycles. The largest absolute Gasteiger partial charge is 0.491 e. The SMILES string of the molecule is CC[C@@H](C)Oc1ccc(/C=C2/SC(=S)N(c3cccc4ccccc34)C2=O)cc1. The molecule has 0 bridgehead atoms. The van der Waals surface area contributed by atoms with Gasteiger partial charge < -0.3 is 4.74 Å². The third kappa shape index (κ3) is 4.07.